The van der Waals surface area contributed by atoms with E-state index in [1.165, 1.54) is 19.5 Å². The fourth-order valence-corrected chi connectivity index (χ4v) is 5.63. The number of nitro benzene ring substituents is 1. The molecule has 1 N–H and O–H groups in total. The highest BCUT2D eigenvalue weighted by Gasteiger charge is 2.44. The molecule has 37 heavy (non-hydrogen) atoms. The fraction of sp³-hybridized carbons (Fsp3) is 0.560. The highest BCUT2D eigenvalue weighted by molar-refractivity contribution is 6.74. The van der Waals surface area contributed by atoms with Crippen molar-refractivity contribution in [2.24, 2.45) is 0 Å². The van der Waals surface area contributed by atoms with Crippen LogP contribution >= 0.6 is 0 Å². The zero-order valence-electron chi connectivity index (χ0n) is 22.5. The predicted molar refractivity (Wildman–Crippen MR) is 143 cm³/mol. The number of nitro groups is 1. The fourth-order valence-electron chi connectivity index (χ4n) is 4.27. The molecule has 0 bridgehead atoms. The molecule has 0 saturated carbocycles. The van der Waals surface area contributed by atoms with Gasteiger partial charge in [0.2, 0.25) is 0 Å². The Balaban J connectivity index is 1.55. The van der Waals surface area contributed by atoms with E-state index < -0.39 is 13.2 Å². The van der Waals surface area contributed by atoms with E-state index in [4.69, 9.17) is 13.9 Å². The molecule has 1 aromatic carbocycles. The average molecular weight is 529 g/mol. The number of fused-ring (bicyclic) bond motifs is 1. The van der Waals surface area contributed by atoms with Crippen molar-refractivity contribution in [3.8, 4) is 5.75 Å². The topological polar surface area (TPSA) is 126 Å². The van der Waals surface area contributed by atoms with Gasteiger partial charge in [0.15, 0.2) is 25.3 Å². The second-order valence-electron chi connectivity index (χ2n) is 10.8. The van der Waals surface area contributed by atoms with Crippen molar-refractivity contribution in [3.63, 3.8) is 0 Å². The third kappa shape index (κ3) is 5.46. The van der Waals surface area contributed by atoms with E-state index in [2.05, 4.69) is 61.1 Å². The van der Waals surface area contributed by atoms with Gasteiger partial charge in [-0.3, -0.25) is 14.7 Å². The second-order valence-corrected chi connectivity index (χ2v) is 15.6. The van der Waals surface area contributed by atoms with Gasteiger partial charge < -0.3 is 19.2 Å². The molecule has 12 heteroatoms. The van der Waals surface area contributed by atoms with Gasteiger partial charge >= 0.3 is 0 Å². The lowest BCUT2D eigenvalue weighted by Gasteiger charge is -2.39. The van der Waals surface area contributed by atoms with Crippen molar-refractivity contribution in [1.82, 2.24) is 19.5 Å². The Morgan fingerprint density at radius 1 is 1.27 bits per heavy atom. The first-order chi connectivity index (χ1) is 17.4. The molecule has 3 heterocycles. The summed E-state index contributed by atoms with van der Waals surface area (Å²) in [5, 5.41) is 14.8. The molecular formula is C25H36N6O5Si. The van der Waals surface area contributed by atoms with E-state index in [1.807, 2.05) is 4.57 Å². The summed E-state index contributed by atoms with van der Waals surface area (Å²) in [7, 11) is -0.488. The molecule has 0 radical (unpaired) electrons. The Morgan fingerprint density at radius 3 is 2.68 bits per heavy atom. The Bertz CT molecular complexity index is 1270. The monoisotopic (exact) mass is 528 g/mol. The molecule has 1 saturated heterocycles. The number of hydrogen-bond acceptors (Lipinski definition) is 9. The van der Waals surface area contributed by atoms with Crippen LogP contribution in [0.2, 0.25) is 18.1 Å². The summed E-state index contributed by atoms with van der Waals surface area (Å²) >= 11 is 0. The number of aromatic nitrogens is 4. The van der Waals surface area contributed by atoms with E-state index in [1.54, 1.807) is 18.5 Å². The number of hydrogen-bond donors (Lipinski definition) is 1. The van der Waals surface area contributed by atoms with Crippen molar-refractivity contribution in [2.75, 3.05) is 12.4 Å². The summed E-state index contributed by atoms with van der Waals surface area (Å²) in [4.78, 5) is 24.5. The number of ether oxygens (including phenoxy) is 2. The number of methoxy groups -OCH3 is 1. The molecule has 3 aromatic rings. The van der Waals surface area contributed by atoms with E-state index in [9.17, 15) is 10.1 Å². The zero-order chi connectivity index (χ0) is 27.0. The molecule has 0 spiro atoms. The second kappa shape index (κ2) is 10.3. The van der Waals surface area contributed by atoms with Crippen molar-refractivity contribution in [2.45, 2.75) is 83.6 Å². The molecule has 1 fully saturated rings. The number of benzene rings is 1. The van der Waals surface area contributed by atoms with Gasteiger partial charge in [-0.2, -0.15) is 0 Å². The third-order valence-corrected chi connectivity index (χ3v) is 11.9. The van der Waals surface area contributed by atoms with E-state index >= 15 is 0 Å². The highest BCUT2D eigenvalue weighted by Crippen LogP contribution is 2.42. The van der Waals surface area contributed by atoms with Crippen LogP contribution in [0.5, 0.6) is 5.75 Å². The third-order valence-electron chi connectivity index (χ3n) is 7.44. The van der Waals surface area contributed by atoms with Crippen molar-refractivity contribution >= 4 is 31.0 Å². The van der Waals surface area contributed by atoms with E-state index in [0.717, 1.165) is 6.42 Å². The summed E-state index contributed by atoms with van der Waals surface area (Å²) in [5.74, 6) is 0.921. The molecule has 1 unspecified atom stereocenters. The van der Waals surface area contributed by atoms with Gasteiger partial charge in [0.05, 0.1) is 36.6 Å². The van der Waals surface area contributed by atoms with Crippen LogP contribution in [0.3, 0.4) is 0 Å². The maximum absolute atomic E-state index is 11.5. The Hall–Kier alpha value is -3.09. The average Bonchev–Trinajstić information content (AvgIpc) is 3.45. The molecule has 0 aliphatic carbocycles. The highest BCUT2D eigenvalue weighted by atomic mass is 28.4. The number of anilines is 1. The van der Waals surface area contributed by atoms with Gasteiger partial charge in [0.1, 0.15) is 18.3 Å². The molecule has 1 aliphatic heterocycles. The van der Waals surface area contributed by atoms with E-state index in [0.29, 0.717) is 34.7 Å². The summed E-state index contributed by atoms with van der Waals surface area (Å²) in [6.07, 6.45) is 4.48. The molecule has 1 aliphatic rings. The summed E-state index contributed by atoms with van der Waals surface area (Å²) < 4.78 is 20.2. The minimum Gasteiger partial charge on any atom is -0.497 e. The lowest BCUT2D eigenvalue weighted by Crippen LogP contribution is -2.45. The molecule has 3 atom stereocenters. The maximum atomic E-state index is 11.5. The molecule has 200 valence electrons. The Morgan fingerprint density at radius 2 is 2.03 bits per heavy atom. The quantitative estimate of drug-likeness (QED) is 0.219. The molecule has 2 aromatic heterocycles. The maximum Gasteiger partial charge on any atom is 0.278 e. The van der Waals surface area contributed by atoms with Crippen LogP contribution in [0.4, 0.5) is 11.5 Å². The molecule has 4 rings (SSSR count). The smallest absolute Gasteiger partial charge is 0.278 e. The molecular weight excluding hydrogens is 492 g/mol. The molecule has 0 amide bonds. The zero-order valence-corrected chi connectivity index (χ0v) is 23.5. The minimum atomic E-state index is -1.96. The van der Waals surface area contributed by atoms with Crippen LogP contribution < -0.4 is 10.1 Å². The van der Waals surface area contributed by atoms with Gasteiger partial charge in [-0.1, -0.05) is 27.7 Å². The van der Waals surface area contributed by atoms with Crippen LogP contribution in [-0.2, 0) is 15.7 Å². The standard InChI is InChI=1S/C25H36N6O5Si/c1-8-19-20(36-37(6,7)25(2,3)4)12-21(35-19)30-15-29-22-23(27-14-28-24(22)30)26-13-16-9-10-17(34-5)11-18(16)31(32)33/h9-11,14-15,19-21H,8,12-13H2,1-7H3,(H,26,27,28)/t19-,20?,21-/m1/s1. The van der Waals surface area contributed by atoms with Crippen molar-refractivity contribution in [3.05, 3.63) is 46.5 Å². The van der Waals surface area contributed by atoms with Crippen molar-refractivity contribution < 1.29 is 18.8 Å². The van der Waals surface area contributed by atoms with Crippen molar-refractivity contribution in [1.29, 1.82) is 0 Å². The van der Waals surface area contributed by atoms with Crippen LogP contribution in [0, 0.1) is 10.1 Å². The van der Waals surface area contributed by atoms with Crippen LogP contribution in [0.25, 0.3) is 11.2 Å². The van der Waals surface area contributed by atoms with Gasteiger partial charge in [-0.15, -0.1) is 0 Å². The lowest BCUT2D eigenvalue weighted by molar-refractivity contribution is -0.385. The van der Waals surface area contributed by atoms with Crippen LogP contribution in [0.15, 0.2) is 30.9 Å². The Kier molecular flexibility index (Phi) is 7.54. The SMILES string of the molecule is CC[C@H]1O[C@@H](n2cnc3c(NCc4ccc(OC)cc4[N+](=O)[O-])ncnc32)CC1O[Si](C)(C)C(C)(C)C. The van der Waals surface area contributed by atoms with Crippen LogP contribution in [-0.4, -0.2) is 52.1 Å². The van der Waals surface area contributed by atoms with Gasteiger partial charge in [-0.25, -0.2) is 15.0 Å². The predicted octanol–water partition coefficient (Wildman–Crippen LogP) is 5.44. The van der Waals surface area contributed by atoms with Crippen LogP contribution in [0.1, 0.15) is 52.3 Å². The largest absolute Gasteiger partial charge is 0.497 e. The summed E-state index contributed by atoms with van der Waals surface area (Å²) in [5.41, 5.74) is 1.69. The number of imidazole rings is 1. The van der Waals surface area contributed by atoms with Gasteiger partial charge in [0.25, 0.3) is 5.69 Å². The van der Waals surface area contributed by atoms with Gasteiger partial charge in [-0.05, 0) is 36.7 Å². The Labute approximate surface area is 217 Å². The summed E-state index contributed by atoms with van der Waals surface area (Å²) in [6.45, 7) is 13.5. The number of nitrogens with zero attached hydrogens (tertiary/aromatic N) is 5. The first-order valence-electron chi connectivity index (χ1n) is 12.5. The molecule has 11 nitrogen and oxygen atoms in total. The van der Waals surface area contributed by atoms with Gasteiger partial charge in [0, 0.05) is 18.5 Å². The first-order valence-corrected chi connectivity index (χ1v) is 15.4. The summed E-state index contributed by atoms with van der Waals surface area (Å²) in [6, 6.07) is 4.77. The lowest BCUT2D eigenvalue weighted by atomic mass is 10.1. The minimum absolute atomic E-state index is 0.00314. The van der Waals surface area contributed by atoms with E-state index in [-0.39, 0.29) is 35.7 Å². The normalized spacial score (nSPS) is 20.4. The number of rotatable bonds is 9. The number of nitrogens with one attached hydrogen (secondary N) is 1. The first kappa shape index (κ1) is 27.0.